The molecule has 21 heavy (non-hydrogen) atoms. The van der Waals surface area contributed by atoms with Gasteiger partial charge in [-0.05, 0) is 0 Å². The van der Waals surface area contributed by atoms with E-state index >= 15 is 0 Å². The Balaban J connectivity index is 1.63. The molecule has 2 aromatic heterocycles. The highest BCUT2D eigenvalue weighted by Crippen LogP contribution is 2.18. The van der Waals surface area contributed by atoms with Crippen LogP contribution in [0, 0.1) is 0 Å². The number of nitrogens with zero attached hydrogens (tertiary/aromatic N) is 4. The summed E-state index contributed by atoms with van der Waals surface area (Å²) in [5.41, 5.74) is 0.0608. The monoisotopic (exact) mass is 303 g/mol. The highest BCUT2D eigenvalue weighted by atomic mass is 32.1. The van der Waals surface area contributed by atoms with E-state index in [9.17, 15) is 14.4 Å². The van der Waals surface area contributed by atoms with Crippen LogP contribution in [-0.2, 0) is 4.79 Å². The fourth-order valence-corrected chi connectivity index (χ4v) is 2.43. The number of hydrogen-bond donors (Lipinski definition) is 1. The van der Waals surface area contributed by atoms with Gasteiger partial charge in [0.05, 0.1) is 0 Å². The van der Waals surface area contributed by atoms with E-state index < -0.39 is 11.8 Å². The lowest BCUT2D eigenvalue weighted by molar-refractivity contribution is -0.116. The van der Waals surface area contributed by atoms with Gasteiger partial charge in [0.15, 0.2) is 16.5 Å². The van der Waals surface area contributed by atoms with Crippen molar-refractivity contribution < 1.29 is 14.4 Å². The van der Waals surface area contributed by atoms with E-state index in [1.165, 1.54) is 23.7 Å². The zero-order valence-corrected chi connectivity index (χ0v) is 11.5. The first-order valence-corrected chi connectivity index (χ1v) is 6.91. The second-order valence-corrected chi connectivity index (χ2v) is 5.05. The Kier molecular flexibility index (Phi) is 3.40. The fraction of sp³-hybridized carbons (Fsp3) is 0.167. The number of thiazole rings is 1. The molecule has 0 aliphatic carbocycles. The van der Waals surface area contributed by atoms with E-state index in [4.69, 9.17) is 0 Å². The van der Waals surface area contributed by atoms with E-state index in [1.807, 2.05) is 0 Å². The summed E-state index contributed by atoms with van der Waals surface area (Å²) in [5.74, 6) is -1.36. The average Bonchev–Trinajstić information content (AvgIpc) is 3.07. The lowest BCUT2D eigenvalue weighted by Gasteiger charge is -2.12. The van der Waals surface area contributed by atoms with Crippen LogP contribution in [0.25, 0.3) is 0 Å². The zero-order chi connectivity index (χ0) is 14.8. The third kappa shape index (κ3) is 2.50. The summed E-state index contributed by atoms with van der Waals surface area (Å²) >= 11 is 1.29. The number of fused-ring (bicyclic) bond motifs is 1. The largest absolute Gasteiger partial charge is 0.302 e. The van der Waals surface area contributed by atoms with E-state index in [-0.39, 0.29) is 30.3 Å². The number of amides is 3. The molecule has 3 heterocycles. The molecular weight excluding hydrogens is 294 g/mol. The summed E-state index contributed by atoms with van der Waals surface area (Å²) in [6.07, 6.45) is 4.26. The number of carbonyl (C=O) groups excluding carboxylic acids is 3. The van der Waals surface area contributed by atoms with Gasteiger partial charge >= 0.3 is 0 Å². The molecule has 106 valence electrons. The molecule has 8 nitrogen and oxygen atoms in total. The van der Waals surface area contributed by atoms with Crippen LogP contribution in [0.1, 0.15) is 27.4 Å². The second-order valence-electron chi connectivity index (χ2n) is 4.15. The molecule has 3 amide bonds. The second kappa shape index (κ2) is 5.37. The molecular formula is C12H9N5O3S. The highest BCUT2D eigenvalue weighted by molar-refractivity contribution is 7.13. The third-order valence-electron chi connectivity index (χ3n) is 2.83. The highest BCUT2D eigenvalue weighted by Gasteiger charge is 2.37. The normalized spacial score (nSPS) is 13.4. The van der Waals surface area contributed by atoms with Crippen LogP contribution in [0.15, 0.2) is 24.0 Å². The number of rotatable bonds is 4. The van der Waals surface area contributed by atoms with Gasteiger partial charge in [0.2, 0.25) is 5.91 Å². The smallest absolute Gasteiger partial charge is 0.281 e. The van der Waals surface area contributed by atoms with E-state index in [2.05, 4.69) is 20.3 Å². The van der Waals surface area contributed by atoms with Crippen molar-refractivity contribution in [2.24, 2.45) is 0 Å². The predicted octanol–water partition coefficient (Wildman–Crippen LogP) is 0.558. The van der Waals surface area contributed by atoms with E-state index in [0.29, 0.717) is 5.13 Å². The van der Waals surface area contributed by atoms with Crippen LogP contribution in [-0.4, -0.2) is 44.1 Å². The van der Waals surface area contributed by atoms with Gasteiger partial charge in [0, 0.05) is 36.9 Å². The van der Waals surface area contributed by atoms with Gasteiger partial charge in [-0.1, -0.05) is 0 Å². The quantitative estimate of drug-likeness (QED) is 0.827. The first kappa shape index (κ1) is 13.3. The average molecular weight is 303 g/mol. The summed E-state index contributed by atoms with van der Waals surface area (Å²) in [5, 5.41) is 4.80. The number of anilines is 1. The molecule has 0 atom stereocenters. The molecule has 9 heteroatoms. The van der Waals surface area contributed by atoms with Gasteiger partial charge in [0.1, 0.15) is 0 Å². The van der Waals surface area contributed by atoms with E-state index in [0.717, 1.165) is 4.90 Å². The van der Waals surface area contributed by atoms with Gasteiger partial charge < -0.3 is 5.32 Å². The Morgan fingerprint density at radius 3 is 2.33 bits per heavy atom. The molecule has 0 unspecified atom stereocenters. The fourth-order valence-electron chi connectivity index (χ4n) is 1.88. The lowest BCUT2D eigenvalue weighted by atomic mass is 10.3. The predicted molar refractivity (Wildman–Crippen MR) is 72.8 cm³/mol. The van der Waals surface area contributed by atoms with Crippen molar-refractivity contribution in [2.75, 3.05) is 11.9 Å². The molecule has 0 aromatic carbocycles. The van der Waals surface area contributed by atoms with Crippen molar-refractivity contribution in [3.63, 3.8) is 0 Å². The van der Waals surface area contributed by atoms with Crippen LogP contribution in [0.5, 0.6) is 0 Å². The molecule has 0 bridgehead atoms. The van der Waals surface area contributed by atoms with Gasteiger partial charge in [-0.2, -0.15) is 0 Å². The first-order valence-electron chi connectivity index (χ1n) is 6.03. The van der Waals surface area contributed by atoms with Crippen molar-refractivity contribution in [3.05, 3.63) is 35.4 Å². The number of imide groups is 1. The molecule has 1 aliphatic rings. The van der Waals surface area contributed by atoms with Crippen LogP contribution >= 0.6 is 11.3 Å². The topological polar surface area (TPSA) is 105 Å². The Hall–Kier alpha value is -2.68. The molecule has 1 N–H and O–H groups in total. The molecule has 0 fully saturated rings. The lowest BCUT2D eigenvalue weighted by Crippen LogP contribution is -2.33. The molecule has 2 aromatic rings. The number of aromatic nitrogens is 3. The summed E-state index contributed by atoms with van der Waals surface area (Å²) in [6, 6.07) is 0. The number of hydrogen-bond acceptors (Lipinski definition) is 7. The zero-order valence-electron chi connectivity index (χ0n) is 10.6. The van der Waals surface area contributed by atoms with Gasteiger partial charge in [0.25, 0.3) is 11.8 Å². The molecule has 3 rings (SSSR count). The maximum absolute atomic E-state index is 12.0. The van der Waals surface area contributed by atoms with Gasteiger partial charge in [-0.15, -0.1) is 11.3 Å². The standard InChI is InChI=1S/C12H9N5O3S/c18-7(16-12-15-4-6-21-12)1-5-17-10(19)8-9(11(17)20)14-3-2-13-8/h2-4,6H,1,5H2,(H,15,16,18). The Bertz CT molecular complexity index is 680. The minimum Gasteiger partial charge on any atom is -0.302 e. The van der Waals surface area contributed by atoms with Crippen LogP contribution < -0.4 is 5.32 Å². The Morgan fingerprint density at radius 2 is 1.76 bits per heavy atom. The van der Waals surface area contributed by atoms with Gasteiger partial charge in [-0.25, -0.2) is 15.0 Å². The first-order chi connectivity index (χ1) is 10.2. The van der Waals surface area contributed by atoms with Crippen LogP contribution in [0.4, 0.5) is 5.13 Å². The molecule has 0 saturated heterocycles. The van der Waals surface area contributed by atoms with E-state index in [1.54, 1.807) is 11.6 Å². The van der Waals surface area contributed by atoms with Crippen LogP contribution in [0.2, 0.25) is 0 Å². The van der Waals surface area contributed by atoms with Crippen molar-refractivity contribution >= 4 is 34.2 Å². The van der Waals surface area contributed by atoms with Gasteiger partial charge in [-0.3, -0.25) is 19.3 Å². The summed E-state index contributed by atoms with van der Waals surface area (Å²) in [4.78, 5) is 48.3. The minimum absolute atomic E-state index is 0.00888. The number of carbonyl (C=O) groups is 3. The van der Waals surface area contributed by atoms with Crippen molar-refractivity contribution in [1.82, 2.24) is 19.9 Å². The third-order valence-corrected chi connectivity index (χ3v) is 3.52. The molecule has 1 aliphatic heterocycles. The Morgan fingerprint density at radius 1 is 1.10 bits per heavy atom. The summed E-state index contributed by atoms with van der Waals surface area (Å²) < 4.78 is 0. The van der Waals surface area contributed by atoms with Crippen LogP contribution in [0.3, 0.4) is 0 Å². The SMILES string of the molecule is O=C(CCN1C(=O)c2nccnc2C1=O)Nc1nccs1. The van der Waals surface area contributed by atoms with Crippen molar-refractivity contribution in [1.29, 1.82) is 0 Å². The minimum atomic E-state index is -0.523. The molecule has 0 spiro atoms. The van der Waals surface area contributed by atoms with Crippen molar-refractivity contribution in [2.45, 2.75) is 6.42 Å². The maximum Gasteiger partial charge on any atom is 0.281 e. The van der Waals surface area contributed by atoms with Crippen molar-refractivity contribution in [3.8, 4) is 0 Å². The maximum atomic E-state index is 12.0. The Labute approximate surface area is 122 Å². The summed E-state index contributed by atoms with van der Waals surface area (Å²) in [6.45, 7) is -0.0209. The molecule has 0 saturated carbocycles. The summed E-state index contributed by atoms with van der Waals surface area (Å²) in [7, 11) is 0. The number of nitrogens with one attached hydrogen (secondary N) is 1. The molecule has 0 radical (unpaired) electrons.